The molecule has 0 radical (unpaired) electrons. The Hall–Kier alpha value is -3.95. The number of carbonyl (C=O) groups excluding carboxylic acids is 5. The number of carbonyl (C=O) groups is 7. The van der Waals surface area contributed by atoms with Gasteiger partial charge in [-0.1, -0.05) is 103 Å². The lowest BCUT2D eigenvalue weighted by Gasteiger charge is -2.14. The van der Waals surface area contributed by atoms with Crippen LogP contribution in [0.5, 0.6) is 0 Å². The highest BCUT2D eigenvalue weighted by atomic mass is 16.5. The molecule has 390 valence electrons. The van der Waals surface area contributed by atoms with E-state index in [-0.39, 0.29) is 134 Å². The first kappa shape index (κ1) is 63.0. The summed E-state index contributed by atoms with van der Waals surface area (Å²) in [5, 5.41) is 31.3. The van der Waals surface area contributed by atoms with Gasteiger partial charge in [0.15, 0.2) is 0 Å². The summed E-state index contributed by atoms with van der Waals surface area (Å²) >= 11 is 0. The Labute approximate surface area is 399 Å². The van der Waals surface area contributed by atoms with Crippen LogP contribution in [0, 0.1) is 0 Å². The zero-order valence-corrected chi connectivity index (χ0v) is 40.6. The number of hydrogen-bond donors (Lipinski definition) is 7. The first-order valence-electron chi connectivity index (χ1n) is 24.8. The minimum atomic E-state index is -1.18. The molecule has 0 aliphatic rings. The van der Waals surface area contributed by atoms with Crippen LogP contribution in [-0.4, -0.2) is 163 Å². The summed E-state index contributed by atoms with van der Waals surface area (Å²) in [5.41, 5.74) is 0. The Morgan fingerprint density at radius 1 is 0.373 bits per heavy atom. The third-order valence-corrected chi connectivity index (χ3v) is 10.2. The average Bonchev–Trinajstić information content (AvgIpc) is 3.29. The second kappa shape index (κ2) is 48.5. The van der Waals surface area contributed by atoms with Crippen molar-refractivity contribution >= 4 is 41.5 Å². The van der Waals surface area contributed by atoms with Crippen LogP contribution in [-0.2, 0) is 62.0 Å². The molecule has 0 aromatic carbocycles. The van der Waals surface area contributed by atoms with E-state index in [0.717, 1.165) is 38.5 Å². The second-order valence-corrected chi connectivity index (χ2v) is 16.3. The number of ether oxygens (including phenoxy) is 6. The zero-order chi connectivity index (χ0) is 49.3. The smallest absolute Gasteiger partial charge is 0.326 e. The molecule has 0 unspecified atom stereocenters. The average molecular weight is 962 g/mol. The highest BCUT2D eigenvalue weighted by molar-refractivity contribution is 5.84. The van der Waals surface area contributed by atoms with Crippen molar-refractivity contribution in [2.45, 2.75) is 154 Å². The monoisotopic (exact) mass is 962 g/mol. The molecule has 67 heavy (non-hydrogen) atoms. The molecular formula is C47H87N5O15. The first-order valence-corrected chi connectivity index (χ1v) is 24.8. The highest BCUT2D eigenvalue weighted by Gasteiger charge is 2.21. The molecule has 20 nitrogen and oxygen atoms in total. The van der Waals surface area contributed by atoms with Gasteiger partial charge in [-0.3, -0.25) is 28.8 Å². The number of amides is 5. The molecule has 5 amide bonds. The number of likely N-dealkylation sites (N-methyl/N-ethyl adjacent to an activating group) is 1. The number of carboxylic acid groups (broad SMARTS) is 2. The number of unbranched alkanes of at least 4 members (excludes halogenated alkanes) is 17. The van der Waals surface area contributed by atoms with Crippen LogP contribution >= 0.6 is 0 Å². The Balaban J connectivity index is 3.60. The molecule has 7 N–H and O–H groups in total. The van der Waals surface area contributed by atoms with Crippen molar-refractivity contribution in [1.82, 2.24) is 26.6 Å². The van der Waals surface area contributed by atoms with Crippen molar-refractivity contribution in [2.75, 3.05) is 105 Å². The summed E-state index contributed by atoms with van der Waals surface area (Å²) in [6, 6.07) is -1.14. The molecule has 0 aromatic rings. The molecule has 20 heteroatoms. The summed E-state index contributed by atoms with van der Waals surface area (Å²) in [6.07, 6.45) is 21.1. The van der Waals surface area contributed by atoms with Crippen molar-refractivity contribution in [2.24, 2.45) is 0 Å². The van der Waals surface area contributed by atoms with Crippen LogP contribution < -0.4 is 26.6 Å². The predicted octanol–water partition coefficient (Wildman–Crippen LogP) is 3.81. The van der Waals surface area contributed by atoms with Crippen LogP contribution in [0.4, 0.5) is 0 Å². The fraction of sp³-hybridized carbons (Fsp3) is 0.851. The van der Waals surface area contributed by atoms with Gasteiger partial charge in [-0.05, 0) is 26.2 Å². The lowest BCUT2D eigenvalue weighted by atomic mass is 10.0. The maximum absolute atomic E-state index is 12.4. The largest absolute Gasteiger partial charge is 0.481 e. The van der Waals surface area contributed by atoms with Crippen molar-refractivity contribution in [3.8, 4) is 0 Å². The van der Waals surface area contributed by atoms with Crippen LogP contribution in [0.25, 0.3) is 0 Å². The molecular weight excluding hydrogens is 875 g/mol. The third-order valence-electron chi connectivity index (χ3n) is 10.2. The van der Waals surface area contributed by atoms with Gasteiger partial charge in [0.1, 0.15) is 25.9 Å². The summed E-state index contributed by atoms with van der Waals surface area (Å²) in [5.74, 6) is -3.35. The van der Waals surface area contributed by atoms with E-state index in [1.807, 2.05) is 6.92 Å². The molecule has 0 saturated carbocycles. The molecule has 0 bridgehead atoms. The van der Waals surface area contributed by atoms with E-state index < -0.39 is 18.0 Å². The van der Waals surface area contributed by atoms with E-state index >= 15 is 0 Å². The van der Waals surface area contributed by atoms with Gasteiger partial charge in [-0.2, -0.15) is 0 Å². The van der Waals surface area contributed by atoms with Gasteiger partial charge in [-0.25, -0.2) is 4.79 Å². The van der Waals surface area contributed by atoms with E-state index in [1.54, 1.807) is 0 Å². The molecule has 0 aromatic heterocycles. The van der Waals surface area contributed by atoms with Crippen molar-refractivity contribution in [3.05, 3.63) is 0 Å². The quantitative estimate of drug-likeness (QED) is 0.0427. The summed E-state index contributed by atoms with van der Waals surface area (Å²) in [7, 11) is 0. The van der Waals surface area contributed by atoms with Gasteiger partial charge < -0.3 is 65.2 Å². The van der Waals surface area contributed by atoms with Crippen molar-refractivity contribution in [1.29, 1.82) is 0 Å². The lowest BCUT2D eigenvalue weighted by Crippen LogP contribution is -2.41. The number of hydrogen-bond acceptors (Lipinski definition) is 13. The van der Waals surface area contributed by atoms with Gasteiger partial charge in [0, 0.05) is 45.4 Å². The van der Waals surface area contributed by atoms with E-state index in [9.17, 15) is 38.7 Å². The molecule has 1 atom stereocenters. The molecule has 0 heterocycles. The van der Waals surface area contributed by atoms with Crippen molar-refractivity contribution < 1.29 is 72.2 Å². The van der Waals surface area contributed by atoms with Crippen molar-refractivity contribution in [3.63, 3.8) is 0 Å². The summed E-state index contributed by atoms with van der Waals surface area (Å²) in [6.45, 7) is 4.98. The molecule has 0 aliphatic carbocycles. The van der Waals surface area contributed by atoms with Gasteiger partial charge in [-0.15, -0.1) is 0 Å². The molecule has 0 aliphatic heterocycles. The number of aliphatic carboxylic acids is 2. The van der Waals surface area contributed by atoms with Gasteiger partial charge in [0.25, 0.3) is 0 Å². The van der Waals surface area contributed by atoms with Crippen LogP contribution in [0.15, 0.2) is 0 Å². The van der Waals surface area contributed by atoms with E-state index in [2.05, 4.69) is 26.6 Å². The third kappa shape index (κ3) is 48.3. The molecule has 0 spiro atoms. The standard InChI is InChI=1S/C47H87N5O15/c1-2-48-43(55)37-65-34-31-63-29-26-50-45(57)39-67-36-33-64-30-27-51-44(56)38-66-35-32-62-28-25-49-41(53)24-23-40(47(60)61)52-42(54)21-19-17-15-13-11-9-7-5-3-4-6-8-10-12-14-16-18-20-22-46(58)59/h40H,2-39H2,1H3,(H,48,55)(H,49,53)(H,50,57)(H,51,56)(H,52,54)(H,58,59)(H,60,61)/t40-/m0/s1. The SMILES string of the molecule is CCNC(=O)COCCOCCNC(=O)COCCOCCNC(=O)COCCOCCNC(=O)CC[C@H](NC(=O)CCCCCCCCCCCCCCCCCCCCC(=O)O)C(=O)O. The fourth-order valence-electron chi connectivity index (χ4n) is 6.57. The van der Waals surface area contributed by atoms with Crippen LogP contribution in [0.1, 0.15) is 148 Å². The predicted molar refractivity (Wildman–Crippen MR) is 251 cm³/mol. The Bertz CT molecular complexity index is 1280. The zero-order valence-electron chi connectivity index (χ0n) is 40.6. The van der Waals surface area contributed by atoms with E-state index in [0.29, 0.717) is 32.7 Å². The number of nitrogens with one attached hydrogen (secondary N) is 5. The second-order valence-electron chi connectivity index (χ2n) is 16.3. The number of rotatable bonds is 51. The van der Waals surface area contributed by atoms with Gasteiger partial charge in [0.05, 0.1) is 59.5 Å². The van der Waals surface area contributed by atoms with Gasteiger partial charge >= 0.3 is 11.9 Å². The Kier molecular flexibility index (Phi) is 45.6. The minimum Gasteiger partial charge on any atom is -0.481 e. The normalized spacial score (nSPS) is 11.5. The first-order chi connectivity index (χ1) is 32.5. The molecule has 0 rings (SSSR count). The lowest BCUT2D eigenvalue weighted by molar-refractivity contribution is -0.142. The minimum absolute atomic E-state index is 0.0195. The number of carboxylic acids is 2. The summed E-state index contributed by atoms with van der Waals surface area (Å²) < 4.78 is 31.8. The van der Waals surface area contributed by atoms with E-state index in [1.165, 1.54) is 70.6 Å². The molecule has 0 saturated heterocycles. The topological polar surface area (TPSA) is 275 Å². The Morgan fingerprint density at radius 2 is 0.701 bits per heavy atom. The maximum atomic E-state index is 12.4. The Morgan fingerprint density at radius 3 is 1.06 bits per heavy atom. The highest BCUT2D eigenvalue weighted by Crippen LogP contribution is 2.15. The fourth-order valence-corrected chi connectivity index (χ4v) is 6.57. The van der Waals surface area contributed by atoms with Crippen LogP contribution in [0.2, 0.25) is 0 Å². The van der Waals surface area contributed by atoms with Gasteiger partial charge in [0.2, 0.25) is 29.5 Å². The van der Waals surface area contributed by atoms with E-state index in [4.69, 9.17) is 33.5 Å². The van der Waals surface area contributed by atoms with Crippen LogP contribution in [0.3, 0.4) is 0 Å². The summed E-state index contributed by atoms with van der Waals surface area (Å²) in [4.78, 5) is 81.8. The molecule has 0 fully saturated rings. The maximum Gasteiger partial charge on any atom is 0.326 e.